The topological polar surface area (TPSA) is 46.4 Å². The van der Waals surface area contributed by atoms with E-state index in [1.54, 1.807) is 0 Å². The van der Waals surface area contributed by atoms with Crippen LogP contribution >= 0.6 is 0 Å². The Morgan fingerprint density at radius 2 is 1.87 bits per heavy atom. The van der Waals surface area contributed by atoms with Crippen molar-refractivity contribution in [3.8, 4) is 0 Å². The number of benzene rings is 1. The molecule has 4 nitrogen and oxygen atoms in total. The molecule has 4 heteroatoms. The van der Waals surface area contributed by atoms with Gasteiger partial charge in [0.05, 0.1) is 5.69 Å². The number of rotatable bonds is 4. The number of nitrogens with zero attached hydrogens (tertiary/aromatic N) is 2. The first-order valence-corrected chi connectivity index (χ1v) is 7.90. The van der Waals surface area contributed by atoms with Crippen molar-refractivity contribution in [3.05, 3.63) is 70.7 Å². The molecule has 118 valence electrons. The van der Waals surface area contributed by atoms with E-state index in [0.29, 0.717) is 12.2 Å². The highest BCUT2D eigenvalue weighted by Crippen LogP contribution is 2.15. The Bertz CT molecular complexity index is 847. The van der Waals surface area contributed by atoms with Crippen LogP contribution in [-0.4, -0.2) is 15.3 Å². The predicted molar refractivity (Wildman–Crippen MR) is 91.7 cm³/mol. The molecule has 0 atom stereocenters. The standard InChI is InChI=1S/C19H21N3O/c1-4-16-18(22-10-9-14(3)11-17(22)21-16)19(23)20-12-15-7-5-13(2)6-8-15/h5-11H,4,12H2,1-3H3,(H,20,23). The lowest BCUT2D eigenvalue weighted by Crippen LogP contribution is -2.25. The number of carbonyl (C=O) groups excluding carboxylic acids is 1. The Morgan fingerprint density at radius 1 is 1.13 bits per heavy atom. The average molecular weight is 307 g/mol. The van der Waals surface area contributed by atoms with Gasteiger partial charge in [-0.3, -0.25) is 9.20 Å². The summed E-state index contributed by atoms with van der Waals surface area (Å²) in [5.41, 5.74) is 5.72. The van der Waals surface area contributed by atoms with Crippen LogP contribution in [0.3, 0.4) is 0 Å². The van der Waals surface area contributed by atoms with Gasteiger partial charge in [0.15, 0.2) is 0 Å². The van der Waals surface area contributed by atoms with E-state index in [0.717, 1.165) is 28.9 Å². The molecule has 0 unspecified atom stereocenters. The molecule has 3 rings (SSSR count). The van der Waals surface area contributed by atoms with Crippen molar-refractivity contribution in [1.82, 2.24) is 14.7 Å². The number of pyridine rings is 1. The Balaban J connectivity index is 1.86. The second kappa shape index (κ2) is 6.24. The molecule has 1 N–H and O–H groups in total. The molecule has 2 heterocycles. The van der Waals surface area contributed by atoms with Crippen molar-refractivity contribution in [2.75, 3.05) is 0 Å². The number of carbonyl (C=O) groups is 1. The smallest absolute Gasteiger partial charge is 0.270 e. The Labute approximate surface area is 136 Å². The fraction of sp³-hybridized carbons (Fsp3) is 0.263. The molecule has 0 fully saturated rings. The van der Waals surface area contributed by atoms with Gasteiger partial charge in [0, 0.05) is 12.7 Å². The van der Waals surface area contributed by atoms with Crippen molar-refractivity contribution in [1.29, 1.82) is 0 Å². The number of nitrogens with one attached hydrogen (secondary N) is 1. The highest BCUT2D eigenvalue weighted by atomic mass is 16.1. The molecule has 0 aliphatic heterocycles. The quantitative estimate of drug-likeness (QED) is 0.802. The Hall–Kier alpha value is -2.62. The third-order valence-corrected chi connectivity index (χ3v) is 3.98. The van der Waals surface area contributed by atoms with Gasteiger partial charge in [-0.15, -0.1) is 0 Å². The van der Waals surface area contributed by atoms with Gasteiger partial charge in [-0.2, -0.15) is 0 Å². The van der Waals surface area contributed by atoms with E-state index in [2.05, 4.69) is 29.4 Å². The van der Waals surface area contributed by atoms with Gasteiger partial charge < -0.3 is 5.32 Å². The molecule has 23 heavy (non-hydrogen) atoms. The third kappa shape index (κ3) is 3.11. The highest BCUT2D eigenvalue weighted by molar-refractivity contribution is 5.94. The maximum atomic E-state index is 12.7. The summed E-state index contributed by atoms with van der Waals surface area (Å²) in [6.45, 7) is 6.61. The lowest BCUT2D eigenvalue weighted by molar-refractivity contribution is 0.0944. The molecular formula is C19H21N3O. The Kier molecular flexibility index (Phi) is 4.15. The summed E-state index contributed by atoms with van der Waals surface area (Å²) in [4.78, 5) is 17.2. The summed E-state index contributed by atoms with van der Waals surface area (Å²) < 4.78 is 1.87. The predicted octanol–water partition coefficient (Wildman–Crippen LogP) is 3.44. The van der Waals surface area contributed by atoms with E-state index >= 15 is 0 Å². The number of aryl methyl sites for hydroxylation is 3. The van der Waals surface area contributed by atoms with Gasteiger partial charge in [0.2, 0.25) is 0 Å². The lowest BCUT2D eigenvalue weighted by atomic mass is 10.1. The molecule has 0 aliphatic carbocycles. The van der Waals surface area contributed by atoms with Gasteiger partial charge in [0.1, 0.15) is 11.3 Å². The maximum Gasteiger partial charge on any atom is 0.270 e. The van der Waals surface area contributed by atoms with E-state index in [1.807, 2.05) is 48.7 Å². The minimum absolute atomic E-state index is 0.0845. The fourth-order valence-electron chi connectivity index (χ4n) is 2.65. The van der Waals surface area contributed by atoms with E-state index in [9.17, 15) is 4.79 Å². The van der Waals surface area contributed by atoms with Crippen LogP contribution in [-0.2, 0) is 13.0 Å². The van der Waals surface area contributed by atoms with Crippen molar-refractivity contribution in [2.24, 2.45) is 0 Å². The summed E-state index contributed by atoms with van der Waals surface area (Å²) in [6, 6.07) is 12.2. The summed E-state index contributed by atoms with van der Waals surface area (Å²) in [7, 11) is 0. The number of imidazole rings is 1. The fourth-order valence-corrected chi connectivity index (χ4v) is 2.65. The van der Waals surface area contributed by atoms with Crippen LogP contribution in [0.4, 0.5) is 0 Å². The monoisotopic (exact) mass is 307 g/mol. The van der Waals surface area contributed by atoms with Crippen LogP contribution in [0.15, 0.2) is 42.6 Å². The average Bonchev–Trinajstić information content (AvgIpc) is 2.91. The number of aromatic nitrogens is 2. The SMILES string of the molecule is CCc1nc2cc(C)ccn2c1C(=O)NCc1ccc(C)cc1. The highest BCUT2D eigenvalue weighted by Gasteiger charge is 2.17. The number of hydrogen-bond acceptors (Lipinski definition) is 2. The molecule has 3 aromatic rings. The summed E-state index contributed by atoms with van der Waals surface area (Å²) >= 11 is 0. The van der Waals surface area contributed by atoms with Crippen LogP contribution in [0.1, 0.15) is 39.8 Å². The number of hydrogen-bond donors (Lipinski definition) is 1. The van der Waals surface area contributed by atoms with Crippen molar-refractivity contribution in [3.63, 3.8) is 0 Å². The van der Waals surface area contributed by atoms with Gasteiger partial charge >= 0.3 is 0 Å². The first-order chi connectivity index (χ1) is 11.1. The molecule has 1 aromatic carbocycles. The summed E-state index contributed by atoms with van der Waals surface area (Å²) in [5.74, 6) is -0.0845. The zero-order chi connectivity index (χ0) is 16.4. The molecule has 0 saturated heterocycles. The third-order valence-electron chi connectivity index (χ3n) is 3.98. The first-order valence-electron chi connectivity index (χ1n) is 7.90. The summed E-state index contributed by atoms with van der Waals surface area (Å²) in [5, 5.41) is 3.00. The molecule has 0 spiro atoms. The molecule has 0 aliphatic rings. The van der Waals surface area contributed by atoms with Crippen LogP contribution in [0.2, 0.25) is 0 Å². The number of fused-ring (bicyclic) bond motifs is 1. The van der Waals surface area contributed by atoms with E-state index in [-0.39, 0.29) is 5.91 Å². The van der Waals surface area contributed by atoms with Crippen molar-refractivity contribution < 1.29 is 4.79 Å². The molecule has 0 saturated carbocycles. The van der Waals surface area contributed by atoms with E-state index < -0.39 is 0 Å². The molecule has 0 radical (unpaired) electrons. The zero-order valence-electron chi connectivity index (χ0n) is 13.8. The van der Waals surface area contributed by atoms with Crippen LogP contribution < -0.4 is 5.32 Å². The second-order valence-electron chi connectivity index (χ2n) is 5.86. The van der Waals surface area contributed by atoms with Gasteiger partial charge in [0.25, 0.3) is 5.91 Å². The lowest BCUT2D eigenvalue weighted by Gasteiger charge is -2.07. The molecule has 2 aromatic heterocycles. The maximum absolute atomic E-state index is 12.7. The Morgan fingerprint density at radius 3 is 2.57 bits per heavy atom. The molecule has 0 bridgehead atoms. The number of amides is 1. The van der Waals surface area contributed by atoms with Crippen LogP contribution in [0.25, 0.3) is 5.65 Å². The van der Waals surface area contributed by atoms with Crippen molar-refractivity contribution in [2.45, 2.75) is 33.7 Å². The largest absolute Gasteiger partial charge is 0.347 e. The normalized spacial score (nSPS) is 10.9. The molecular weight excluding hydrogens is 286 g/mol. The van der Waals surface area contributed by atoms with Gasteiger partial charge in [-0.1, -0.05) is 36.8 Å². The van der Waals surface area contributed by atoms with Gasteiger partial charge in [-0.05, 0) is 43.5 Å². The van der Waals surface area contributed by atoms with Crippen LogP contribution in [0, 0.1) is 13.8 Å². The summed E-state index contributed by atoms with van der Waals surface area (Å²) in [6.07, 6.45) is 2.64. The van der Waals surface area contributed by atoms with E-state index in [4.69, 9.17) is 0 Å². The molecule has 1 amide bonds. The minimum atomic E-state index is -0.0845. The van der Waals surface area contributed by atoms with Crippen LogP contribution in [0.5, 0.6) is 0 Å². The minimum Gasteiger partial charge on any atom is -0.347 e. The second-order valence-corrected chi connectivity index (χ2v) is 5.86. The van der Waals surface area contributed by atoms with Gasteiger partial charge in [-0.25, -0.2) is 4.98 Å². The zero-order valence-corrected chi connectivity index (χ0v) is 13.8. The first kappa shape index (κ1) is 15.3. The van der Waals surface area contributed by atoms with E-state index in [1.165, 1.54) is 5.56 Å². The van der Waals surface area contributed by atoms with Crippen molar-refractivity contribution >= 4 is 11.6 Å².